The highest BCUT2D eigenvalue weighted by Gasteiger charge is 2.11. The first-order valence-corrected chi connectivity index (χ1v) is 6.23. The second-order valence-corrected chi connectivity index (χ2v) is 4.58. The van der Waals surface area contributed by atoms with E-state index in [-0.39, 0.29) is 17.3 Å². The van der Waals surface area contributed by atoms with Crippen LogP contribution in [-0.4, -0.2) is 19.7 Å². The Morgan fingerprint density at radius 1 is 1.24 bits per heavy atom. The Balaban J connectivity index is 2.09. The van der Waals surface area contributed by atoms with Gasteiger partial charge in [0.2, 0.25) is 5.95 Å². The molecule has 2 aromatic heterocycles. The van der Waals surface area contributed by atoms with Crippen LogP contribution in [0, 0.1) is 12.7 Å². The molecule has 0 amide bonds. The summed E-state index contributed by atoms with van der Waals surface area (Å²) in [5.41, 5.74) is 7.47. The van der Waals surface area contributed by atoms with Crippen molar-refractivity contribution in [1.29, 1.82) is 0 Å². The van der Waals surface area contributed by atoms with Crippen molar-refractivity contribution in [1.82, 2.24) is 19.7 Å². The van der Waals surface area contributed by atoms with Gasteiger partial charge in [0.05, 0.1) is 5.69 Å². The maximum Gasteiger partial charge on any atom is 0.252 e. The van der Waals surface area contributed by atoms with E-state index >= 15 is 0 Å². The number of nitrogens with zero attached hydrogens (tertiary/aromatic N) is 3. The molecular formula is C14H12FN5O. The van der Waals surface area contributed by atoms with Gasteiger partial charge in [0.15, 0.2) is 0 Å². The van der Waals surface area contributed by atoms with Crippen molar-refractivity contribution >= 4 is 5.82 Å². The quantitative estimate of drug-likeness (QED) is 0.749. The molecule has 106 valence electrons. The number of aryl methyl sites for hydroxylation is 1. The lowest BCUT2D eigenvalue weighted by Crippen LogP contribution is -2.15. The molecule has 3 aromatic rings. The zero-order chi connectivity index (χ0) is 15.0. The summed E-state index contributed by atoms with van der Waals surface area (Å²) in [4.78, 5) is 18.3. The van der Waals surface area contributed by atoms with Gasteiger partial charge in [0, 0.05) is 23.4 Å². The Kier molecular flexibility index (Phi) is 3.02. The monoisotopic (exact) mass is 285 g/mol. The standard InChI is InChI=1S/C14H12FN5O/c1-8-6-13(21)18-14(17-8)20-12(16)7-11(19-20)9-2-4-10(15)5-3-9/h2-7H,16H2,1H3,(H,17,18,21). The summed E-state index contributed by atoms with van der Waals surface area (Å²) in [6.45, 7) is 1.71. The van der Waals surface area contributed by atoms with Crippen LogP contribution in [0.5, 0.6) is 0 Å². The van der Waals surface area contributed by atoms with Crippen molar-refractivity contribution in [3.05, 3.63) is 58.3 Å². The fraction of sp³-hybridized carbons (Fsp3) is 0.0714. The van der Waals surface area contributed by atoms with Crippen LogP contribution in [0.2, 0.25) is 0 Å². The maximum atomic E-state index is 12.9. The van der Waals surface area contributed by atoms with Crippen LogP contribution >= 0.6 is 0 Å². The second-order valence-electron chi connectivity index (χ2n) is 4.58. The van der Waals surface area contributed by atoms with Gasteiger partial charge < -0.3 is 5.73 Å². The smallest absolute Gasteiger partial charge is 0.252 e. The number of aromatic nitrogens is 4. The predicted molar refractivity (Wildman–Crippen MR) is 76.5 cm³/mol. The molecule has 0 saturated carbocycles. The molecule has 0 bridgehead atoms. The largest absolute Gasteiger partial charge is 0.383 e. The number of hydrogen-bond acceptors (Lipinski definition) is 4. The van der Waals surface area contributed by atoms with Crippen LogP contribution in [0.1, 0.15) is 5.69 Å². The molecule has 0 atom stereocenters. The van der Waals surface area contributed by atoms with E-state index in [1.165, 1.54) is 22.9 Å². The Bertz CT molecular complexity index is 851. The summed E-state index contributed by atoms with van der Waals surface area (Å²) in [7, 11) is 0. The average molecular weight is 285 g/mol. The molecule has 0 aliphatic carbocycles. The molecule has 1 aromatic carbocycles. The van der Waals surface area contributed by atoms with E-state index in [2.05, 4.69) is 15.1 Å². The van der Waals surface area contributed by atoms with Gasteiger partial charge in [-0.25, -0.2) is 9.37 Å². The molecule has 2 heterocycles. The highest BCUT2D eigenvalue weighted by atomic mass is 19.1. The Hall–Kier alpha value is -2.96. The minimum Gasteiger partial charge on any atom is -0.383 e. The first-order valence-electron chi connectivity index (χ1n) is 6.23. The van der Waals surface area contributed by atoms with Crippen LogP contribution in [0.25, 0.3) is 17.2 Å². The van der Waals surface area contributed by atoms with Crippen molar-refractivity contribution in [2.75, 3.05) is 5.73 Å². The molecule has 21 heavy (non-hydrogen) atoms. The molecule has 0 spiro atoms. The van der Waals surface area contributed by atoms with Crippen LogP contribution in [0.4, 0.5) is 10.2 Å². The lowest BCUT2D eigenvalue weighted by Gasteiger charge is -2.02. The maximum absolute atomic E-state index is 12.9. The molecule has 3 rings (SSSR count). The topological polar surface area (TPSA) is 89.6 Å². The van der Waals surface area contributed by atoms with Crippen molar-refractivity contribution in [2.45, 2.75) is 6.92 Å². The molecule has 0 saturated heterocycles. The second kappa shape index (κ2) is 4.86. The van der Waals surface area contributed by atoms with E-state index in [0.29, 0.717) is 17.2 Å². The molecule has 0 aliphatic heterocycles. The molecule has 0 unspecified atom stereocenters. The summed E-state index contributed by atoms with van der Waals surface area (Å²) in [6, 6.07) is 8.91. The number of rotatable bonds is 2. The minimum absolute atomic E-state index is 0.242. The first-order chi connectivity index (χ1) is 10.0. The SMILES string of the molecule is Cc1cc(=O)[nH]c(-n2nc(-c3ccc(F)cc3)cc2N)n1. The summed E-state index contributed by atoms with van der Waals surface area (Å²) >= 11 is 0. The van der Waals surface area contributed by atoms with Gasteiger partial charge in [0.25, 0.3) is 5.56 Å². The number of H-pyrrole nitrogens is 1. The number of hydrogen-bond donors (Lipinski definition) is 2. The van der Waals surface area contributed by atoms with Gasteiger partial charge in [-0.3, -0.25) is 9.78 Å². The number of aromatic amines is 1. The Labute approximate surface area is 119 Å². The highest BCUT2D eigenvalue weighted by Crippen LogP contribution is 2.21. The van der Waals surface area contributed by atoms with Gasteiger partial charge >= 0.3 is 0 Å². The zero-order valence-electron chi connectivity index (χ0n) is 11.2. The number of benzene rings is 1. The zero-order valence-corrected chi connectivity index (χ0v) is 11.2. The number of anilines is 1. The van der Waals surface area contributed by atoms with E-state index < -0.39 is 0 Å². The fourth-order valence-electron chi connectivity index (χ4n) is 1.99. The summed E-state index contributed by atoms with van der Waals surface area (Å²) in [6.07, 6.45) is 0. The minimum atomic E-state index is -0.323. The van der Waals surface area contributed by atoms with Crippen LogP contribution in [0.3, 0.4) is 0 Å². The number of nitrogens with two attached hydrogens (primary N) is 1. The van der Waals surface area contributed by atoms with Crippen LogP contribution < -0.4 is 11.3 Å². The molecule has 0 fully saturated rings. The lowest BCUT2D eigenvalue weighted by atomic mass is 10.1. The molecule has 0 radical (unpaired) electrons. The average Bonchev–Trinajstić information content (AvgIpc) is 2.80. The third-order valence-electron chi connectivity index (χ3n) is 2.93. The van der Waals surface area contributed by atoms with Gasteiger partial charge in [-0.15, -0.1) is 0 Å². The number of nitrogens with one attached hydrogen (secondary N) is 1. The van der Waals surface area contributed by atoms with Gasteiger partial charge in [-0.05, 0) is 31.2 Å². The predicted octanol–water partition coefficient (Wildman–Crippen LogP) is 1.65. The van der Waals surface area contributed by atoms with Gasteiger partial charge in [0.1, 0.15) is 11.6 Å². The summed E-state index contributed by atoms with van der Waals surface area (Å²) in [5.74, 6) is 0.241. The van der Waals surface area contributed by atoms with Crippen molar-refractivity contribution in [3.8, 4) is 17.2 Å². The van der Waals surface area contributed by atoms with Gasteiger partial charge in [-0.1, -0.05) is 0 Å². The van der Waals surface area contributed by atoms with Crippen LogP contribution in [0.15, 0.2) is 41.2 Å². The van der Waals surface area contributed by atoms with Gasteiger partial charge in [-0.2, -0.15) is 9.78 Å². The molecule has 3 N–H and O–H groups in total. The van der Waals surface area contributed by atoms with E-state index in [1.807, 2.05) is 0 Å². The van der Waals surface area contributed by atoms with Crippen molar-refractivity contribution in [3.63, 3.8) is 0 Å². The number of halogens is 1. The fourth-order valence-corrected chi connectivity index (χ4v) is 1.99. The number of nitrogen functional groups attached to an aromatic ring is 1. The Morgan fingerprint density at radius 3 is 2.62 bits per heavy atom. The van der Waals surface area contributed by atoms with Crippen molar-refractivity contribution in [2.24, 2.45) is 0 Å². The van der Waals surface area contributed by atoms with E-state index in [4.69, 9.17) is 5.73 Å². The van der Waals surface area contributed by atoms with Crippen molar-refractivity contribution < 1.29 is 4.39 Å². The molecular weight excluding hydrogens is 273 g/mol. The van der Waals surface area contributed by atoms with Crippen LogP contribution in [-0.2, 0) is 0 Å². The third kappa shape index (κ3) is 2.53. The summed E-state index contributed by atoms with van der Waals surface area (Å²) < 4.78 is 14.3. The highest BCUT2D eigenvalue weighted by molar-refractivity contribution is 5.62. The van der Waals surface area contributed by atoms with E-state index in [0.717, 1.165) is 5.56 Å². The molecule has 0 aliphatic rings. The summed E-state index contributed by atoms with van der Waals surface area (Å²) in [5, 5.41) is 4.30. The van der Waals surface area contributed by atoms with E-state index in [9.17, 15) is 9.18 Å². The Morgan fingerprint density at radius 2 is 1.95 bits per heavy atom. The molecule has 6 nitrogen and oxygen atoms in total. The molecule has 7 heteroatoms. The first kappa shape index (κ1) is 13.0. The lowest BCUT2D eigenvalue weighted by molar-refractivity contribution is 0.628. The third-order valence-corrected chi connectivity index (χ3v) is 2.93. The van der Waals surface area contributed by atoms with E-state index in [1.54, 1.807) is 25.1 Å². The normalized spacial score (nSPS) is 10.8.